The summed E-state index contributed by atoms with van der Waals surface area (Å²) in [7, 11) is -4.22. The Morgan fingerprint density at radius 2 is 1.67 bits per heavy atom. The van der Waals surface area contributed by atoms with Crippen molar-refractivity contribution in [1.82, 2.24) is 10.2 Å². The van der Waals surface area contributed by atoms with Gasteiger partial charge in [-0.1, -0.05) is 66.8 Å². The maximum Gasteiger partial charge on any atom is 0.264 e. The van der Waals surface area contributed by atoms with E-state index in [1.807, 2.05) is 6.92 Å². The molecule has 1 unspecified atom stereocenters. The Balaban J connectivity index is 1.71. The highest BCUT2D eigenvalue weighted by molar-refractivity contribution is 7.92. The lowest BCUT2D eigenvalue weighted by molar-refractivity contribution is -0.139. The number of rotatable bonds is 10. The molecule has 3 aromatic rings. The number of aryl methyl sites for hydroxylation is 2. The molecular formula is C32H37ClFN3O4S. The van der Waals surface area contributed by atoms with Gasteiger partial charge in [0.15, 0.2) is 0 Å². The lowest BCUT2D eigenvalue weighted by Gasteiger charge is -2.33. The van der Waals surface area contributed by atoms with Crippen LogP contribution in [0.25, 0.3) is 0 Å². The Labute approximate surface area is 252 Å². The van der Waals surface area contributed by atoms with Gasteiger partial charge in [0.05, 0.1) is 10.6 Å². The Kier molecular flexibility index (Phi) is 10.3. The van der Waals surface area contributed by atoms with E-state index in [4.69, 9.17) is 11.6 Å². The van der Waals surface area contributed by atoms with Gasteiger partial charge in [0.25, 0.3) is 10.0 Å². The number of amides is 2. The molecule has 2 amide bonds. The summed E-state index contributed by atoms with van der Waals surface area (Å²) in [6, 6.07) is 16.1. The van der Waals surface area contributed by atoms with E-state index < -0.39 is 34.3 Å². The van der Waals surface area contributed by atoms with Crippen LogP contribution in [0.1, 0.15) is 55.7 Å². The van der Waals surface area contributed by atoms with Gasteiger partial charge in [-0.2, -0.15) is 0 Å². The maximum absolute atomic E-state index is 14.8. The second-order valence-corrected chi connectivity index (χ2v) is 13.2. The van der Waals surface area contributed by atoms with Crippen LogP contribution in [0.5, 0.6) is 0 Å². The number of sulfonamides is 1. The monoisotopic (exact) mass is 613 g/mol. The molecule has 42 heavy (non-hydrogen) atoms. The van der Waals surface area contributed by atoms with Crippen molar-refractivity contribution >= 4 is 39.1 Å². The maximum atomic E-state index is 14.8. The summed E-state index contributed by atoms with van der Waals surface area (Å²) in [5.74, 6) is -1.52. The third kappa shape index (κ3) is 7.50. The van der Waals surface area contributed by atoms with Gasteiger partial charge in [0.1, 0.15) is 18.4 Å². The minimum absolute atomic E-state index is 0.00856. The third-order valence-electron chi connectivity index (χ3n) is 7.73. The van der Waals surface area contributed by atoms with Crippen LogP contribution in [0, 0.1) is 19.7 Å². The number of carbonyl (C=O) groups excluding carboxylic acids is 2. The first-order chi connectivity index (χ1) is 20.0. The fourth-order valence-electron chi connectivity index (χ4n) is 5.21. The quantitative estimate of drug-likeness (QED) is 0.297. The van der Waals surface area contributed by atoms with E-state index in [1.54, 1.807) is 62.4 Å². The van der Waals surface area contributed by atoms with Crippen LogP contribution in [-0.4, -0.2) is 43.8 Å². The molecular weight excluding hydrogens is 577 g/mol. The summed E-state index contributed by atoms with van der Waals surface area (Å²) in [5.41, 5.74) is 1.93. The molecule has 10 heteroatoms. The molecule has 0 aliphatic heterocycles. The average Bonchev–Trinajstić information content (AvgIpc) is 2.96. The number of nitrogens with zero attached hydrogens (tertiary/aromatic N) is 2. The summed E-state index contributed by atoms with van der Waals surface area (Å²) in [4.78, 5) is 28.7. The van der Waals surface area contributed by atoms with Gasteiger partial charge >= 0.3 is 0 Å². The first kappa shape index (κ1) is 31.5. The van der Waals surface area contributed by atoms with Crippen LogP contribution in [-0.2, 0) is 26.2 Å². The van der Waals surface area contributed by atoms with Crippen LogP contribution in [0.2, 0.25) is 5.02 Å². The lowest BCUT2D eigenvalue weighted by atomic mass is 9.95. The zero-order chi connectivity index (χ0) is 30.4. The number of benzene rings is 3. The minimum atomic E-state index is -4.22. The van der Waals surface area contributed by atoms with Gasteiger partial charge in [0, 0.05) is 23.2 Å². The summed E-state index contributed by atoms with van der Waals surface area (Å²) < 4.78 is 43.8. The molecule has 7 nitrogen and oxygen atoms in total. The van der Waals surface area contributed by atoms with Gasteiger partial charge in [-0.05, 0) is 75.6 Å². The summed E-state index contributed by atoms with van der Waals surface area (Å²) in [6.45, 7) is 4.34. The van der Waals surface area contributed by atoms with Gasteiger partial charge in [-0.3, -0.25) is 13.9 Å². The molecule has 0 heterocycles. The molecule has 1 saturated carbocycles. The fourth-order valence-corrected chi connectivity index (χ4v) is 6.92. The highest BCUT2D eigenvalue weighted by Crippen LogP contribution is 2.30. The van der Waals surface area contributed by atoms with Crippen molar-refractivity contribution < 1.29 is 22.4 Å². The molecule has 0 radical (unpaired) electrons. The minimum Gasteiger partial charge on any atom is -0.352 e. The van der Waals surface area contributed by atoms with E-state index >= 15 is 0 Å². The molecule has 1 aliphatic carbocycles. The van der Waals surface area contributed by atoms with Crippen LogP contribution in [0.4, 0.5) is 10.1 Å². The highest BCUT2D eigenvalue weighted by atomic mass is 35.5. The highest BCUT2D eigenvalue weighted by Gasteiger charge is 2.34. The van der Waals surface area contributed by atoms with Gasteiger partial charge in [-0.15, -0.1) is 0 Å². The van der Waals surface area contributed by atoms with Crippen molar-refractivity contribution in [3.63, 3.8) is 0 Å². The number of hydrogen-bond donors (Lipinski definition) is 1. The standard InChI is InChI=1S/C32H37ClFN3O4S/c1-22-13-16-28(17-14-22)42(40,41)37(30-18-15-26(33)19-23(30)2)21-31(38)36(20-25-9-7-8-12-29(25)34)24(3)32(39)35-27-10-5-4-6-11-27/h7-9,12-19,24,27H,4-6,10-11,20-21H2,1-3H3,(H,35,39). The average molecular weight is 614 g/mol. The Hall–Kier alpha value is -3.43. The van der Waals surface area contributed by atoms with Crippen molar-refractivity contribution in [1.29, 1.82) is 0 Å². The van der Waals surface area contributed by atoms with Crippen LogP contribution >= 0.6 is 11.6 Å². The van der Waals surface area contributed by atoms with Crippen LogP contribution in [0.15, 0.2) is 71.6 Å². The van der Waals surface area contributed by atoms with Crippen molar-refractivity contribution in [3.05, 3.63) is 94.3 Å². The smallest absolute Gasteiger partial charge is 0.264 e. The van der Waals surface area contributed by atoms with Gasteiger partial charge in [0.2, 0.25) is 11.8 Å². The Morgan fingerprint density at radius 3 is 2.31 bits per heavy atom. The van der Waals surface area contributed by atoms with Crippen LogP contribution in [0.3, 0.4) is 0 Å². The first-order valence-corrected chi connectivity index (χ1v) is 16.0. The van der Waals surface area contributed by atoms with Crippen molar-refractivity contribution in [3.8, 4) is 0 Å². The molecule has 1 atom stereocenters. The number of halogens is 2. The molecule has 1 fully saturated rings. The predicted molar refractivity (Wildman–Crippen MR) is 163 cm³/mol. The molecule has 4 rings (SSSR count). The Bertz CT molecular complexity index is 1520. The molecule has 1 aliphatic rings. The summed E-state index contributed by atoms with van der Waals surface area (Å²) in [5, 5.41) is 3.46. The topological polar surface area (TPSA) is 86.8 Å². The molecule has 224 valence electrons. The van der Waals surface area contributed by atoms with Gasteiger partial charge < -0.3 is 10.2 Å². The third-order valence-corrected chi connectivity index (χ3v) is 9.74. The number of hydrogen-bond acceptors (Lipinski definition) is 4. The summed E-state index contributed by atoms with van der Waals surface area (Å²) in [6.07, 6.45) is 4.87. The second-order valence-electron chi connectivity index (χ2n) is 10.9. The SMILES string of the molecule is Cc1ccc(S(=O)(=O)N(CC(=O)N(Cc2ccccc2F)C(C)C(=O)NC2CCCCC2)c2ccc(Cl)cc2C)cc1. The van der Waals surface area contributed by atoms with Crippen molar-refractivity contribution in [2.24, 2.45) is 0 Å². The second kappa shape index (κ2) is 13.7. The molecule has 0 aromatic heterocycles. The lowest BCUT2D eigenvalue weighted by Crippen LogP contribution is -2.53. The number of carbonyl (C=O) groups is 2. The molecule has 0 saturated heterocycles. The first-order valence-electron chi connectivity index (χ1n) is 14.2. The zero-order valence-corrected chi connectivity index (χ0v) is 25.7. The normalized spacial score (nSPS) is 14.7. The predicted octanol–water partition coefficient (Wildman–Crippen LogP) is 6.16. The fraction of sp³-hybridized carbons (Fsp3) is 0.375. The summed E-state index contributed by atoms with van der Waals surface area (Å²) >= 11 is 6.16. The molecule has 0 bridgehead atoms. The van der Waals surface area contributed by atoms with E-state index in [9.17, 15) is 22.4 Å². The zero-order valence-electron chi connectivity index (χ0n) is 24.1. The number of nitrogens with one attached hydrogen (secondary N) is 1. The molecule has 0 spiro atoms. The van der Waals surface area contributed by atoms with E-state index in [2.05, 4.69) is 5.32 Å². The Morgan fingerprint density at radius 1 is 1.00 bits per heavy atom. The van der Waals surface area contributed by atoms with E-state index in [0.29, 0.717) is 10.6 Å². The van der Waals surface area contributed by atoms with Crippen molar-refractivity contribution in [2.45, 2.75) is 76.4 Å². The van der Waals surface area contributed by atoms with E-state index in [0.717, 1.165) is 42.0 Å². The van der Waals surface area contributed by atoms with E-state index in [1.165, 1.54) is 23.1 Å². The molecule has 3 aromatic carbocycles. The molecule has 1 N–H and O–H groups in total. The van der Waals surface area contributed by atoms with E-state index in [-0.39, 0.29) is 34.6 Å². The van der Waals surface area contributed by atoms with Gasteiger partial charge in [-0.25, -0.2) is 12.8 Å². The largest absolute Gasteiger partial charge is 0.352 e. The van der Waals surface area contributed by atoms with Crippen LogP contribution < -0.4 is 9.62 Å². The number of anilines is 1. The van der Waals surface area contributed by atoms with Crippen molar-refractivity contribution in [2.75, 3.05) is 10.8 Å².